The predicted molar refractivity (Wildman–Crippen MR) is 122 cm³/mol. The van der Waals surface area contributed by atoms with E-state index in [9.17, 15) is 15.4 Å². The molecule has 0 saturated heterocycles. The van der Waals surface area contributed by atoms with Gasteiger partial charge in [0.05, 0.1) is 16.6 Å². The third-order valence-corrected chi connectivity index (χ3v) is 4.90. The van der Waals surface area contributed by atoms with Gasteiger partial charge in [-0.05, 0) is 58.0 Å². The first-order chi connectivity index (χ1) is 14.8. The lowest BCUT2D eigenvalue weighted by Crippen LogP contribution is -2.10. The van der Waals surface area contributed by atoms with Gasteiger partial charge in [-0.2, -0.15) is 5.26 Å². The van der Waals surface area contributed by atoms with Crippen LogP contribution in [0.5, 0.6) is 5.75 Å². The Morgan fingerprint density at radius 2 is 1.74 bits per heavy atom. The van der Waals surface area contributed by atoms with E-state index in [2.05, 4.69) is 51.1 Å². The first kappa shape index (κ1) is 21.8. The summed E-state index contributed by atoms with van der Waals surface area (Å²) in [5.74, 6) is 0.703. The fourth-order valence-electron chi connectivity index (χ4n) is 3.07. The van der Waals surface area contributed by atoms with E-state index < -0.39 is 4.92 Å². The zero-order valence-corrected chi connectivity index (χ0v) is 17.8. The summed E-state index contributed by atoms with van der Waals surface area (Å²) in [7, 11) is 0. The Kier molecular flexibility index (Phi) is 6.52. The molecule has 0 heterocycles. The molecule has 3 aromatic carbocycles. The van der Waals surface area contributed by atoms with E-state index in [1.54, 1.807) is 18.2 Å². The normalized spacial score (nSPS) is 11.6. The molecule has 0 atom stereocenters. The van der Waals surface area contributed by atoms with Crippen molar-refractivity contribution in [2.45, 2.75) is 32.8 Å². The zero-order valence-electron chi connectivity index (χ0n) is 17.8. The quantitative estimate of drug-likeness (QED) is 0.199. The number of allylic oxidation sites excluding steroid dienone is 1. The van der Waals surface area contributed by atoms with Gasteiger partial charge in [0.2, 0.25) is 0 Å². The van der Waals surface area contributed by atoms with Gasteiger partial charge in [0.25, 0.3) is 5.69 Å². The second-order valence-corrected chi connectivity index (χ2v) is 8.28. The van der Waals surface area contributed by atoms with E-state index in [1.165, 1.54) is 17.7 Å². The third-order valence-electron chi connectivity index (χ3n) is 4.90. The molecule has 156 valence electrons. The number of nitriles is 1. The standard InChI is InChI=1S/C26H24N2O3/c1-26(2,3)23-11-7-19(8-12-23)18-31-25-6-4-5-20(16-25)15-22(17-27)21-9-13-24(14-10-21)28(29)30/h4-16H,18H2,1-3H3. The van der Waals surface area contributed by atoms with Crippen molar-refractivity contribution in [2.75, 3.05) is 0 Å². The Labute approximate surface area is 182 Å². The summed E-state index contributed by atoms with van der Waals surface area (Å²) in [6.45, 7) is 7.00. The average molecular weight is 412 g/mol. The minimum absolute atomic E-state index is 0.00744. The minimum Gasteiger partial charge on any atom is -0.489 e. The summed E-state index contributed by atoms with van der Waals surface area (Å²) in [6, 6.07) is 24.0. The second kappa shape index (κ2) is 9.27. The topological polar surface area (TPSA) is 76.2 Å². The maximum atomic E-state index is 10.8. The van der Waals surface area contributed by atoms with Gasteiger partial charge >= 0.3 is 0 Å². The molecule has 3 rings (SSSR count). The van der Waals surface area contributed by atoms with E-state index in [0.29, 0.717) is 23.5 Å². The van der Waals surface area contributed by atoms with Crippen LogP contribution in [0.2, 0.25) is 0 Å². The van der Waals surface area contributed by atoms with Gasteiger partial charge in [-0.25, -0.2) is 0 Å². The Morgan fingerprint density at radius 1 is 1.06 bits per heavy atom. The zero-order chi connectivity index (χ0) is 22.4. The fraction of sp³-hybridized carbons (Fsp3) is 0.192. The van der Waals surface area contributed by atoms with E-state index in [4.69, 9.17) is 4.74 Å². The van der Waals surface area contributed by atoms with Crippen LogP contribution >= 0.6 is 0 Å². The van der Waals surface area contributed by atoms with Crippen molar-refractivity contribution in [3.8, 4) is 11.8 Å². The number of nitro benzene ring substituents is 1. The molecule has 0 amide bonds. The van der Waals surface area contributed by atoms with Crippen LogP contribution in [0.15, 0.2) is 72.8 Å². The first-order valence-corrected chi connectivity index (χ1v) is 9.95. The molecule has 5 heteroatoms. The van der Waals surface area contributed by atoms with Crippen molar-refractivity contribution in [2.24, 2.45) is 0 Å². The molecular formula is C26H24N2O3. The molecule has 0 aliphatic rings. The molecule has 0 aliphatic heterocycles. The van der Waals surface area contributed by atoms with Gasteiger partial charge in [0.15, 0.2) is 0 Å². The summed E-state index contributed by atoms with van der Waals surface area (Å²) in [4.78, 5) is 10.4. The van der Waals surface area contributed by atoms with Crippen molar-refractivity contribution < 1.29 is 9.66 Å². The number of ether oxygens (including phenoxy) is 1. The van der Waals surface area contributed by atoms with Gasteiger partial charge in [0.1, 0.15) is 12.4 Å². The van der Waals surface area contributed by atoms with Gasteiger partial charge in [-0.3, -0.25) is 10.1 Å². The van der Waals surface area contributed by atoms with Crippen LogP contribution in [0.3, 0.4) is 0 Å². The lowest BCUT2D eigenvalue weighted by Gasteiger charge is -2.19. The lowest BCUT2D eigenvalue weighted by molar-refractivity contribution is -0.384. The van der Waals surface area contributed by atoms with E-state index in [0.717, 1.165) is 11.1 Å². The number of hydrogen-bond acceptors (Lipinski definition) is 4. The predicted octanol–water partition coefficient (Wildman–Crippen LogP) is 6.54. The number of non-ortho nitro benzene ring substituents is 1. The molecule has 0 unspecified atom stereocenters. The van der Waals surface area contributed by atoms with Crippen LogP contribution in [-0.2, 0) is 12.0 Å². The molecule has 3 aromatic rings. The SMILES string of the molecule is CC(C)(C)c1ccc(COc2cccc(C=C(C#N)c3ccc([N+](=O)[O-])cc3)c2)cc1. The van der Waals surface area contributed by atoms with Crippen molar-refractivity contribution >= 4 is 17.3 Å². The molecule has 0 fully saturated rings. The number of rotatable bonds is 6. The number of nitrogens with zero attached hydrogens (tertiary/aromatic N) is 2. The molecule has 0 aliphatic carbocycles. The molecule has 5 nitrogen and oxygen atoms in total. The summed E-state index contributed by atoms with van der Waals surface area (Å²) in [5, 5.41) is 20.4. The van der Waals surface area contributed by atoms with Crippen LogP contribution in [-0.4, -0.2) is 4.92 Å². The molecule has 0 spiro atoms. The molecule has 0 radical (unpaired) electrons. The van der Waals surface area contributed by atoms with E-state index >= 15 is 0 Å². The number of nitro groups is 1. The highest BCUT2D eigenvalue weighted by Crippen LogP contribution is 2.24. The Morgan fingerprint density at radius 3 is 2.32 bits per heavy atom. The summed E-state index contributed by atoms with van der Waals surface area (Å²) >= 11 is 0. The van der Waals surface area contributed by atoms with E-state index in [1.807, 2.05) is 24.3 Å². The Bertz CT molecular complexity index is 1130. The smallest absolute Gasteiger partial charge is 0.269 e. The summed E-state index contributed by atoms with van der Waals surface area (Å²) in [6.07, 6.45) is 1.74. The van der Waals surface area contributed by atoms with Gasteiger partial charge < -0.3 is 4.74 Å². The van der Waals surface area contributed by atoms with Crippen LogP contribution in [0.4, 0.5) is 5.69 Å². The van der Waals surface area contributed by atoms with Crippen LogP contribution < -0.4 is 4.74 Å². The number of hydrogen-bond donors (Lipinski definition) is 0. The maximum Gasteiger partial charge on any atom is 0.269 e. The summed E-state index contributed by atoms with van der Waals surface area (Å²) in [5.41, 5.74) is 4.32. The number of benzene rings is 3. The fourth-order valence-corrected chi connectivity index (χ4v) is 3.07. The highest BCUT2D eigenvalue weighted by atomic mass is 16.6. The molecule has 31 heavy (non-hydrogen) atoms. The van der Waals surface area contributed by atoms with Crippen molar-refractivity contribution in [3.63, 3.8) is 0 Å². The van der Waals surface area contributed by atoms with Crippen molar-refractivity contribution in [1.82, 2.24) is 0 Å². The van der Waals surface area contributed by atoms with Crippen LogP contribution in [0.25, 0.3) is 11.6 Å². The highest BCUT2D eigenvalue weighted by molar-refractivity contribution is 5.89. The molecule has 0 bridgehead atoms. The van der Waals surface area contributed by atoms with Gasteiger partial charge in [-0.15, -0.1) is 0 Å². The van der Waals surface area contributed by atoms with Gasteiger partial charge in [0, 0.05) is 12.1 Å². The Balaban J connectivity index is 1.73. The summed E-state index contributed by atoms with van der Waals surface area (Å²) < 4.78 is 5.93. The molecule has 0 N–H and O–H groups in total. The first-order valence-electron chi connectivity index (χ1n) is 9.95. The monoisotopic (exact) mass is 412 g/mol. The van der Waals surface area contributed by atoms with E-state index in [-0.39, 0.29) is 11.1 Å². The minimum atomic E-state index is -0.461. The Hall–Kier alpha value is -3.91. The molecule has 0 saturated carbocycles. The highest BCUT2D eigenvalue weighted by Gasteiger charge is 2.13. The molecule has 0 aromatic heterocycles. The molecular weight excluding hydrogens is 388 g/mol. The van der Waals surface area contributed by atoms with Crippen LogP contribution in [0.1, 0.15) is 43.0 Å². The largest absolute Gasteiger partial charge is 0.489 e. The van der Waals surface area contributed by atoms with Gasteiger partial charge in [-0.1, -0.05) is 57.2 Å². The average Bonchev–Trinajstić information content (AvgIpc) is 2.76. The lowest BCUT2D eigenvalue weighted by atomic mass is 9.87. The maximum absolute atomic E-state index is 10.8. The third kappa shape index (κ3) is 5.80. The van der Waals surface area contributed by atoms with Crippen LogP contribution in [0, 0.1) is 21.4 Å². The van der Waals surface area contributed by atoms with Crippen molar-refractivity contribution in [3.05, 3.63) is 105 Å². The second-order valence-electron chi connectivity index (χ2n) is 8.28. The van der Waals surface area contributed by atoms with Crippen molar-refractivity contribution in [1.29, 1.82) is 5.26 Å².